The van der Waals surface area contributed by atoms with E-state index in [1.807, 2.05) is 0 Å². The third-order valence-corrected chi connectivity index (χ3v) is 2.45. The topological polar surface area (TPSA) is 38.0 Å². The van der Waals surface area contributed by atoms with Crippen LogP contribution >= 0.6 is 0 Å². The lowest BCUT2D eigenvalue weighted by Gasteiger charge is -2.16. The maximum absolute atomic E-state index is 5.58. The molecule has 0 amide bonds. The zero-order valence-electron chi connectivity index (χ0n) is 9.96. The highest BCUT2D eigenvalue weighted by Crippen LogP contribution is 2.20. The molecule has 1 aromatic carbocycles. The number of benzene rings is 1. The van der Waals surface area contributed by atoms with Crippen molar-refractivity contribution >= 4 is 0 Å². The molecule has 0 saturated carbocycles. The molecular weight excluding hydrogens is 184 g/mol. The molecule has 1 atom stereocenters. The summed E-state index contributed by atoms with van der Waals surface area (Å²) in [5, 5.41) is 0. The van der Waals surface area contributed by atoms with Crippen molar-refractivity contribution in [2.75, 3.05) is 0 Å². The van der Waals surface area contributed by atoms with Crippen molar-refractivity contribution in [1.29, 1.82) is 0 Å². The Labute approximate surface area is 92.2 Å². The zero-order chi connectivity index (χ0) is 11.4. The Morgan fingerprint density at radius 2 is 2.00 bits per heavy atom. The molecule has 0 heterocycles. The number of hydrogen-bond donors (Lipinski definition) is 2. The average molecular weight is 204 g/mol. The molecule has 0 spiro atoms. The maximum Gasteiger partial charge on any atom is 0.0645 e. The molecule has 82 valence electrons. The fourth-order valence-corrected chi connectivity index (χ4v) is 1.66. The SMILES string of the molecule is CC(C)=CC(NN)c1cc(C)ccc1C. The third kappa shape index (κ3) is 3.18. The molecule has 0 saturated heterocycles. The van der Waals surface area contributed by atoms with Gasteiger partial charge < -0.3 is 0 Å². The summed E-state index contributed by atoms with van der Waals surface area (Å²) in [5.74, 6) is 5.58. The van der Waals surface area contributed by atoms with E-state index >= 15 is 0 Å². The Hall–Kier alpha value is -1.12. The highest BCUT2D eigenvalue weighted by atomic mass is 15.2. The standard InChI is InChI=1S/C13H20N2/c1-9(2)7-13(15-14)12-8-10(3)5-6-11(12)4/h5-8,13,15H,14H2,1-4H3. The minimum absolute atomic E-state index is 0.106. The van der Waals surface area contributed by atoms with Crippen LogP contribution in [0.2, 0.25) is 0 Å². The summed E-state index contributed by atoms with van der Waals surface area (Å²) in [7, 11) is 0. The predicted molar refractivity (Wildman–Crippen MR) is 65.4 cm³/mol. The van der Waals surface area contributed by atoms with Crippen LogP contribution in [0.25, 0.3) is 0 Å². The molecule has 1 rings (SSSR count). The molecule has 3 N–H and O–H groups in total. The van der Waals surface area contributed by atoms with Gasteiger partial charge in [0.1, 0.15) is 0 Å². The van der Waals surface area contributed by atoms with E-state index < -0.39 is 0 Å². The van der Waals surface area contributed by atoms with Crippen molar-refractivity contribution < 1.29 is 0 Å². The van der Waals surface area contributed by atoms with Crippen LogP contribution in [0, 0.1) is 13.8 Å². The minimum atomic E-state index is 0.106. The van der Waals surface area contributed by atoms with E-state index in [9.17, 15) is 0 Å². The highest BCUT2D eigenvalue weighted by molar-refractivity contribution is 5.35. The first-order valence-corrected chi connectivity index (χ1v) is 5.23. The van der Waals surface area contributed by atoms with Crippen LogP contribution in [-0.4, -0.2) is 0 Å². The van der Waals surface area contributed by atoms with E-state index in [4.69, 9.17) is 5.84 Å². The Morgan fingerprint density at radius 3 is 2.53 bits per heavy atom. The van der Waals surface area contributed by atoms with Gasteiger partial charge >= 0.3 is 0 Å². The molecule has 0 aliphatic rings. The minimum Gasteiger partial charge on any atom is -0.271 e. The summed E-state index contributed by atoms with van der Waals surface area (Å²) < 4.78 is 0. The number of allylic oxidation sites excluding steroid dienone is 1. The van der Waals surface area contributed by atoms with Crippen LogP contribution < -0.4 is 11.3 Å². The highest BCUT2D eigenvalue weighted by Gasteiger charge is 2.09. The van der Waals surface area contributed by atoms with E-state index in [1.165, 1.54) is 22.3 Å². The summed E-state index contributed by atoms with van der Waals surface area (Å²) in [6.07, 6.45) is 2.14. The van der Waals surface area contributed by atoms with Crippen LogP contribution in [0.5, 0.6) is 0 Å². The van der Waals surface area contributed by atoms with E-state index in [1.54, 1.807) is 0 Å². The zero-order valence-corrected chi connectivity index (χ0v) is 9.96. The molecule has 0 aliphatic carbocycles. The predicted octanol–water partition coefficient (Wildman–Crippen LogP) is 2.77. The van der Waals surface area contributed by atoms with Gasteiger partial charge in [0.15, 0.2) is 0 Å². The molecule has 0 bridgehead atoms. The summed E-state index contributed by atoms with van der Waals surface area (Å²) in [6.45, 7) is 8.36. The fourth-order valence-electron chi connectivity index (χ4n) is 1.66. The van der Waals surface area contributed by atoms with E-state index in [0.29, 0.717) is 0 Å². The van der Waals surface area contributed by atoms with Crippen molar-refractivity contribution in [2.24, 2.45) is 5.84 Å². The van der Waals surface area contributed by atoms with Gasteiger partial charge in [0.25, 0.3) is 0 Å². The molecule has 15 heavy (non-hydrogen) atoms. The average Bonchev–Trinajstić information content (AvgIpc) is 2.18. The Kier molecular flexibility index (Phi) is 4.06. The lowest BCUT2D eigenvalue weighted by Crippen LogP contribution is -2.27. The summed E-state index contributed by atoms with van der Waals surface area (Å²) in [6, 6.07) is 6.54. The second-order valence-corrected chi connectivity index (χ2v) is 4.25. The molecule has 1 unspecified atom stereocenters. The fraction of sp³-hybridized carbons (Fsp3) is 0.385. The van der Waals surface area contributed by atoms with Gasteiger partial charge in [0.05, 0.1) is 6.04 Å². The second kappa shape index (κ2) is 5.10. The summed E-state index contributed by atoms with van der Waals surface area (Å²) in [5.41, 5.74) is 7.88. The number of hydrazine groups is 1. The maximum atomic E-state index is 5.58. The molecule has 0 radical (unpaired) electrons. The van der Waals surface area contributed by atoms with Crippen LogP contribution in [0.1, 0.15) is 36.6 Å². The smallest absolute Gasteiger partial charge is 0.0645 e. The first-order valence-electron chi connectivity index (χ1n) is 5.23. The summed E-state index contributed by atoms with van der Waals surface area (Å²) >= 11 is 0. The van der Waals surface area contributed by atoms with E-state index in [-0.39, 0.29) is 6.04 Å². The van der Waals surface area contributed by atoms with Crippen LogP contribution in [0.4, 0.5) is 0 Å². The van der Waals surface area contributed by atoms with Gasteiger partial charge in [-0.3, -0.25) is 5.84 Å². The molecular formula is C13H20N2. The molecule has 1 aromatic rings. The molecule has 0 aliphatic heterocycles. The van der Waals surface area contributed by atoms with Crippen LogP contribution in [0.15, 0.2) is 29.8 Å². The van der Waals surface area contributed by atoms with Crippen molar-refractivity contribution in [3.8, 4) is 0 Å². The van der Waals surface area contributed by atoms with Crippen LogP contribution in [0.3, 0.4) is 0 Å². The van der Waals surface area contributed by atoms with Gasteiger partial charge in [-0.25, -0.2) is 5.43 Å². The van der Waals surface area contributed by atoms with Gasteiger partial charge in [-0.1, -0.05) is 35.4 Å². The van der Waals surface area contributed by atoms with Gasteiger partial charge in [-0.05, 0) is 38.8 Å². The number of nitrogens with two attached hydrogens (primary N) is 1. The van der Waals surface area contributed by atoms with Gasteiger partial charge in [0, 0.05) is 0 Å². The normalized spacial score (nSPS) is 12.3. The van der Waals surface area contributed by atoms with Gasteiger partial charge in [-0.15, -0.1) is 0 Å². The largest absolute Gasteiger partial charge is 0.271 e. The second-order valence-electron chi connectivity index (χ2n) is 4.25. The molecule has 2 nitrogen and oxygen atoms in total. The lowest BCUT2D eigenvalue weighted by atomic mass is 9.98. The van der Waals surface area contributed by atoms with Gasteiger partial charge in [0.2, 0.25) is 0 Å². The van der Waals surface area contributed by atoms with Crippen LogP contribution in [-0.2, 0) is 0 Å². The Bertz CT molecular complexity index is 363. The quantitative estimate of drug-likeness (QED) is 0.451. The van der Waals surface area contributed by atoms with Crippen molar-refractivity contribution in [3.05, 3.63) is 46.5 Å². The summed E-state index contributed by atoms with van der Waals surface area (Å²) in [4.78, 5) is 0. The monoisotopic (exact) mass is 204 g/mol. The lowest BCUT2D eigenvalue weighted by molar-refractivity contribution is 0.648. The number of nitrogens with one attached hydrogen (secondary N) is 1. The van der Waals surface area contributed by atoms with E-state index in [0.717, 1.165) is 0 Å². The molecule has 2 heteroatoms. The molecule has 0 fully saturated rings. The van der Waals surface area contributed by atoms with Crippen molar-refractivity contribution in [1.82, 2.24) is 5.43 Å². The number of hydrogen-bond acceptors (Lipinski definition) is 2. The Morgan fingerprint density at radius 1 is 1.33 bits per heavy atom. The first-order chi connectivity index (χ1) is 7.04. The molecule has 0 aromatic heterocycles. The van der Waals surface area contributed by atoms with Crippen molar-refractivity contribution in [2.45, 2.75) is 33.7 Å². The Balaban J connectivity index is 3.11. The number of aryl methyl sites for hydroxylation is 2. The van der Waals surface area contributed by atoms with E-state index in [2.05, 4.69) is 57.4 Å². The first kappa shape index (κ1) is 12.0. The van der Waals surface area contributed by atoms with Gasteiger partial charge in [-0.2, -0.15) is 0 Å². The third-order valence-electron chi connectivity index (χ3n) is 2.45. The number of rotatable bonds is 3. The van der Waals surface area contributed by atoms with Crippen molar-refractivity contribution in [3.63, 3.8) is 0 Å².